The number of carbonyl (C=O) groups excluding carboxylic acids is 4. The van der Waals surface area contributed by atoms with Crippen LogP contribution in [0.15, 0.2) is 27.8 Å². The van der Waals surface area contributed by atoms with E-state index in [9.17, 15) is 28.0 Å². The van der Waals surface area contributed by atoms with Crippen LogP contribution >= 0.6 is 15.9 Å². The Labute approximate surface area is 220 Å². The van der Waals surface area contributed by atoms with Gasteiger partial charge in [0, 0.05) is 28.7 Å². The van der Waals surface area contributed by atoms with Gasteiger partial charge in [-0.3, -0.25) is 14.4 Å². The summed E-state index contributed by atoms with van der Waals surface area (Å²) in [6.07, 6.45) is 2.23. The summed E-state index contributed by atoms with van der Waals surface area (Å²) in [6, 6.07) is 4.55. The van der Waals surface area contributed by atoms with Crippen molar-refractivity contribution in [1.82, 2.24) is 21.0 Å². The second-order valence-corrected chi connectivity index (χ2v) is 10.7. The second-order valence-electron chi connectivity index (χ2n) is 9.80. The van der Waals surface area contributed by atoms with E-state index < -0.39 is 48.4 Å². The molecule has 1 saturated heterocycles. The van der Waals surface area contributed by atoms with Gasteiger partial charge < -0.3 is 20.3 Å². The van der Waals surface area contributed by atoms with Crippen molar-refractivity contribution >= 4 is 45.5 Å². The fourth-order valence-corrected chi connectivity index (χ4v) is 5.55. The molecule has 10 nitrogen and oxygen atoms in total. The zero-order valence-electron chi connectivity index (χ0n) is 20.4. The topological polar surface area (TPSA) is 129 Å². The smallest absolute Gasteiger partial charge is 0.428 e. The standard InChI is InChI=1S/C24H28BrF2N5O5/c1-13(29-20(34)19(33)28-2)9-14-5-7-23(8-6-14)18(30-31-22(36)37-23)16-10-15(3-4-17(16)25)21(35)32-11-24(26,27)12-32/h3-4,10,13-14H,5-9,11-12H2,1-2H3,(H,28,33)(H,29,34)(H,31,36)/t13-,14?,23?/m0/s1. The first-order chi connectivity index (χ1) is 17.4. The van der Waals surface area contributed by atoms with Crippen molar-refractivity contribution in [2.75, 3.05) is 20.1 Å². The third kappa shape index (κ3) is 5.76. The first kappa shape index (κ1) is 27.0. The van der Waals surface area contributed by atoms with Gasteiger partial charge in [-0.2, -0.15) is 5.10 Å². The van der Waals surface area contributed by atoms with E-state index in [4.69, 9.17) is 4.74 Å². The fourth-order valence-electron chi connectivity index (χ4n) is 5.12. The minimum atomic E-state index is -2.87. The van der Waals surface area contributed by atoms with Gasteiger partial charge in [0.1, 0.15) is 5.71 Å². The zero-order chi connectivity index (χ0) is 27.0. The number of likely N-dealkylation sites (N-methyl/N-ethyl adjacent to an activating group) is 1. The minimum absolute atomic E-state index is 0.213. The number of likely N-dealkylation sites (tertiary alicyclic amines) is 1. The van der Waals surface area contributed by atoms with Gasteiger partial charge in [-0.25, -0.2) is 19.0 Å². The van der Waals surface area contributed by atoms with E-state index in [0.717, 1.165) is 4.90 Å². The molecule has 0 bridgehead atoms. The Morgan fingerprint density at radius 2 is 1.92 bits per heavy atom. The summed E-state index contributed by atoms with van der Waals surface area (Å²) in [7, 11) is 1.39. The number of halogens is 3. The number of nitrogens with zero attached hydrogens (tertiary/aromatic N) is 2. The molecule has 4 amide bonds. The van der Waals surface area contributed by atoms with Gasteiger partial charge in [-0.1, -0.05) is 15.9 Å². The van der Waals surface area contributed by atoms with Crippen molar-refractivity contribution in [2.24, 2.45) is 11.0 Å². The summed E-state index contributed by atoms with van der Waals surface area (Å²) in [5.41, 5.74) is 2.53. The van der Waals surface area contributed by atoms with Crippen LogP contribution in [-0.2, 0) is 14.3 Å². The number of ether oxygens (including phenoxy) is 1. The molecule has 37 heavy (non-hydrogen) atoms. The first-order valence-electron chi connectivity index (χ1n) is 12.0. The number of hydrogen-bond donors (Lipinski definition) is 3. The molecule has 1 aromatic rings. The van der Waals surface area contributed by atoms with Crippen LogP contribution in [0, 0.1) is 5.92 Å². The molecule has 1 atom stereocenters. The lowest BCUT2D eigenvalue weighted by Gasteiger charge is -2.42. The molecule has 4 rings (SSSR count). The molecule has 2 aliphatic heterocycles. The Kier molecular flexibility index (Phi) is 7.54. The van der Waals surface area contributed by atoms with Gasteiger partial charge in [-0.15, -0.1) is 0 Å². The first-order valence-corrected chi connectivity index (χ1v) is 12.8. The molecule has 3 aliphatic rings. The van der Waals surface area contributed by atoms with E-state index in [-0.39, 0.29) is 17.5 Å². The fraction of sp³-hybridized carbons (Fsp3) is 0.542. The SMILES string of the molecule is CNC(=O)C(=O)N[C@@H](C)CC1CCC2(CC1)OC(=O)NN=C2c1cc(C(=O)N2CC(F)(F)C2)ccc1Br. The molecule has 1 aromatic carbocycles. The van der Waals surface area contributed by atoms with E-state index in [1.165, 1.54) is 7.05 Å². The molecule has 13 heteroatoms. The number of nitrogens with one attached hydrogen (secondary N) is 3. The normalized spacial score (nSPS) is 25.2. The molecule has 0 unspecified atom stereocenters. The molecule has 1 saturated carbocycles. The average Bonchev–Trinajstić information content (AvgIpc) is 2.83. The molecule has 0 aromatic heterocycles. The number of alkyl halides is 2. The number of benzene rings is 1. The van der Waals surface area contributed by atoms with Crippen LogP contribution in [0.1, 0.15) is 54.9 Å². The Hall–Kier alpha value is -3.09. The van der Waals surface area contributed by atoms with E-state index in [2.05, 4.69) is 37.1 Å². The summed E-state index contributed by atoms with van der Waals surface area (Å²) < 4.78 is 33.0. The van der Waals surface area contributed by atoms with E-state index in [1.54, 1.807) is 18.2 Å². The lowest BCUT2D eigenvalue weighted by Crippen LogP contribution is -2.58. The van der Waals surface area contributed by atoms with Crippen LogP contribution in [0.5, 0.6) is 0 Å². The lowest BCUT2D eigenvalue weighted by molar-refractivity contribution is -0.139. The predicted octanol–water partition coefficient (Wildman–Crippen LogP) is 2.55. The highest BCUT2D eigenvalue weighted by Crippen LogP contribution is 2.42. The summed E-state index contributed by atoms with van der Waals surface area (Å²) in [6.45, 7) is 0.589. The zero-order valence-corrected chi connectivity index (χ0v) is 22.0. The summed E-state index contributed by atoms with van der Waals surface area (Å²) >= 11 is 3.48. The van der Waals surface area contributed by atoms with Crippen molar-refractivity contribution in [3.63, 3.8) is 0 Å². The van der Waals surface area contributed by atoms with Gasteiger partial charge in [0.05, 0.1) is 13.1 Å². The Morgan fingerprint density at radius 3 is 2.54 bits per heavy atom. The van der Waals surface area contributed by atoms with E-state index >= 15 is 0 Å². The maximum Gasteiger partial charge on any atom is 0.428 e. The molecule has 0 radical (unpaired) electrons. The van der Waals surface area contributed by atoms with Gasteiger partial charge in [0.25, 0.3) is 11.8 Å². The lowest BCUT2D eigenvalue weighted by atomic mass is 9.72. The van der Waals surface area contributed by atoms with Crippen LogP contribution in [0.4, 0.5) is 13.6 Å². The molecule has 3 N–H and O–H groups in total. The largest absolute Gasteiger partial charge is 0.435 e. The molecule has 2 fully saturated rings. The van der Waals surface area contributed by atoms with Crippen LogP contribution < -0.4 is 16.1 Å². The third-order valence-corrected chi connectivity index (χ3v) is 7.68. The van der Waals surface area contributed by atoms with Gasteiger partial charge in [-0.05, 0) is 63.1 Å². The second kappa shape index (κ2) is 10.3. The summed E-state index contributed by atoms with van der Waals surface area (Å²) in [5.74, 6) is -4.56. The molecule has 200 valence electrons. The van der Waals surface area contributed by atoms with Crippen LogP contribution in [-0.4, -0.2) is 72.1 Å². The highest BCUT2D eigenvalue weighted by Gasteiger charge is 2.48. The highest BCUT2D eigenvalue weighted by atomic mass is 79.9. The van der Waals surface area contributed by atoms with Crippen LogP contribution in [0.3, 0.4) is 0 Å². The van der Waals surface area contributed by atoms with Crippen molar-refractivity contribution in [3.8, 4) is 0 Å². The Balaban J connectivity index is 1.49. The van der Waals surface area contributed by atoms with E-state index in [1.807, 2.05) is 6.92 Å². The van der Waals surface area contributed by atoms with E-state index in [0.29, 0.717) is 47.9 Å². The number of carbonyl (C=O) groups is 4. The predicted molar refractivity (Wildman–Crippen MR) is 132 cm³/mol. The maximum atomic E-state index is 13.3. The number of hydrogen-bond acceptors (Lipinski definition) is 6. The molecule has 1 spiro atoms. The van der Waals surface area contributed by atoms with Gasteiger partial charge in [0.2, 0.25) is 0 Å². The Bertz CT molecular complexity index is 1140. The number of amides is 4. The Morgan fingerprint density at radius 1 is 1.24 bits per heavy atom. The van der Waals surface area contributed by atoms with Crippen molar-refractivity contribution < 1.29 is 32.7 Å². The molecule has 1 aliphatic carbocycles. The summed E-state index contributed by atoms with van der Waals surface area (Å²) in [5, 5.41) is 9.26. The van der Waals surface area contributed by atoms with Crippen molar-refractivity contribution in [2.45, 2.75) is 56.6 Å². The van der Waals surface area contributed by atoms with Crippen molar-refractivity contribution in [3.05, 3.63) is 33.8 Å². The molecular weight excluding hydrogens is 556 g/mol. The van der Waals surface area contributed by atoms with Gasteiger partial charge >= 0.3 is 17.9 Å². The maximum absolute atomic E-state index is 13.3. The quantitative estimate of drug-likeness (QED) is 0.459. The van der Waals surface area contributed by atoms with Gasteiger partial charge in [0.15, 0.2) is 5.60 Å². The third-order valence-electron chi connectivity index (χ3n) is 6.99. The molecular formula is C24H28BrF2N5O5. The number of hydrazone groups is 1. The van der Waals surface area contributed by atoms with Crippen LogP contribution in [0.2, 0.25) is 0 Å². The summed E-state index contributed by atoms with van der Waals surface area (Å²) in [4.78, 5) is 49.3. The number of rotatable bonds is 5. The minimum Gasteiger partial charge on any atom is -0.435 e. The molecule has 2 heterocycles. The average molecular weight is 584 g/mol. The van der Waals surface area contributed by atoms with Crippen molar-refractivity contribution in [1.29, 1.82) is 0 Å². The monoisotopic (exact) mass is 583 g/mol. The highest BCUT2D eigenvalue weighted by molar-refractivity contribution is 9.10. The van der Waals surface area contributed by atoms with Crippen LogP contribution in [0.25, 0.3) is 0 Å².